The molecule has 0 heterocycles. The summed E-state index contributed by atoms with van der Waals surface area (Å²) in [6.45, 7) is 4.35. The molecule has 108 valence electrons. The number of hydrogen-bond acceptors (Lipinski definition) is 2. The van der Waals surface area contributed by atoms with E-state index in [1.54, 1.807) is 0 Å². The minimum atomic E-state index is -0.251. The van der Waals surface area contributed by atoms with E-state index < -0.39 is 0 Å². The number of rotatable bonds is 6. The van der Waals surface area contributed by atoms with E-state index in [2.05, 4.69) is 25.8 Å². The Morgan fingerprint density at radius 3 is 2.39 bits per heavy atom. The van der Waals surface area contributed by atoms with Crippen LogP contribution in [0.2, 0.25) is 0 Å². The Balaban J connectivity index is 2.63. The van der Waals surface area contributed by atoms with E-state index >= 15 is 0 Å². The molecule has 0 saturated heterocycles. The SMILES string of the molecule is CCCCC1CCCCCCC1N(C)C(O)CC. The highest BCUT2D eigenvalue weighted by Gasteiger charge is 2.28. The molecule has 0 radical (unpaired) electrons. The number of nitrogens with zero attached hydrogens (tertiary/aromatic N) is 1. The van der Waals surface area contributed by atoms with Gasteiger partial charge in [-0.05, 0) is 38.6 Å². The molecule has 1 fully saturated rings. The summed E-state index contributed by atoms with van der Waals surface area (Å²) in [5, 5.41) is 10.1. The molecule has 2 nitrogen and oxygen atoms in total. The molecule has 3 unspecified atom stereocenters. The van der Waals surface area contributed by atoms with Gasteiger partial charge in [0.25, 0.3) is 0 Å². The van der Waals surface area contributed by atoms with Gasteiger partial charge in [0.15, 0.2) is 0 Å². The van der Waals surface area contributed by atoms with Crippen molar-refractivity contribution < 1.29 is 5.11 Å². The molecule has 0 aliphatic heterocycles. The lowest BCUT2D eigenvalue weighted by atomic mass is 9.82. The zero-order valence-electron chi connectivity index (χ0n) is 12.7. The molecule has 2 heteroatoms. The van der Waals surface area contributed by atoms with Crippen molar-refractivity contribution in [3.05, 3.63) is 0 Å². The highest BCUT2D eigenvalue weighted by Crippen LogP contribution is 2.30. The lowest BCUT2D eigenvalue weighted by Gasteiger charge is -2.38. The molecule has 18 heavy (non-hydrogen) atoms. The van der Waals surface area contributed by atoms with Crippen molar-refractivity contribution in [2.75, 3.05) is 7.05 Å². The fourth-order valence-electron chi connectivity index (χ4n) is 3.39. The van der Waals surface area contributed by atoms with E-state index in [0.29, 0.717) is 6.04 Å². The van der Waals surface area contributed by atoms with E-state index in [1.807, 2.05) is 0 Å². The van der Waals surface area contributed by atoms with Crippen molar-refractivity contribution in [1.29, 1.82) is 0 Å². The summed E-state index contributed by atoms with van der Waals surface area (Å²) in [7, 11) is 2.12. The summed E-state index contributed by atoms with van der Waals surface area (Å²) in [6.07, 6.45) is 12.7. The topological polar surface area (TPSA) is 23.5 Å². The van der Waals surface area contributed by atoms with Crippen LogP contribution in [-0.4, -0.2) is 29.3 Å². The molecule has 0 spiro atoms. The molecular formula is C16H33NO. The van der Waals surface area contributed by atoms with E-state index in [9.17, 15) is 5.11 Å². The molecule has 1 saturated carbocycles. The highest BCUT2D eigenvalue weighted by atomic mass is 16.3. The fourth-order valence-corrected chi connectivity index (χ4v) is 3.39. The van der Waals surface area contributed by atoms with Gasteiger partial charge in [0, 0.05) is 6.04 Å². The van der Waals surface area contributed by atoms with E-state index in [4.69, 9.17) is 0 Å². The van der Waals surface area contributed by atoms with Crippen LogP contribution in [0.15, 0.2) is 0 Å². The predicted octanol–water partition coefficient (Wildman–Crippen LogP) is 4.18. The minimum Gasteiger partial charge on any atom is -0.378 e. The molecule has 0 aromatic heterocycles. The monoisotopic (exact) mass is 255 g/mol. The number of aliphatic hydroxyl groups is 1. The first-order valence-corrected chi connectivity index (χ1v) is 8.10. The second kappa shape index (κ2) is 8.92. The first-order valence-electron chi connectivity index (χ1n) is 8.10. The predicted molar refractivity (Wildman–Crippen MR) is 78.6 cm³/mol. The van der Waals surface area contributed by atoms with E-state index in [-0.39, 0.29) is 6.23 Å². The third-order valence-electron chi connectivity index (χ3n) is 4.66. The van der Waals surface area contributed by atoms with Crippen molar-refractivity contribution in [1.82, 2.24) is 4.90 Å². The van der Waals surface area contributed by atoms with Gasteiger partial charge in [0.05, 0.1) is 0 Å². The lowest BCUT2D eigenvalue weighted by Crippen LogP contribution is -2.44. The zero-order chi connectivity index (χ0) is 13.4. The van der Waals surface area contributed by atoms with Crippen molar-refractivity contribution >= 4 is 0 Å². The Morgan fingerprint density at radius 1 is 1.11 bits per heavy atom. The Labute approximate surface area is 114 Å². The molecule has 1 N–H and O–H groups in total. The van der Waals surface area contributed by atoms with E-state index in [1.165, 1.54) is 57.8 Å². The molecule has 1 aliphatic rings. The van der Waals surface area contributed by atoms with Crippen LogP contribution in [0.25, 0.3) is 0 Å². The Kier molecular flexibility index (Phi) is 7.92. The normalized spacial score (nSPS) is 27.8. The summed E-state index contributed by atoms with van der Waals surface area (Å²) >= 11 is 0. The number of aliphatic hydroxyl groups excluding tert-OH is 1. The standard InChI is InChI=1S/C16H33NO/c1-4-6-11-14-12-9-7-8-10-13-15(14)17(3)16(18)5-2/h14-16,18H,4-13H2,1-3H3. The molecule has 1 rings (SSSR count). The Bertz CT molecular complexity index is 205. The van der Waals surface area contributed by atoms with Crippen LogP contribution in [0, 0.1) is 5.92 Å². The Morgan fingerprint density at radius 2 is 1.78 bits per heavy atom. The second-order valence-electron chi connectivity index (χ2n) is 6.02. The average molecular weight is 255 g/mol. The van der Waals surface area contributed by atoms with Crippen molar-refractivity contribution in [3.8, 4) is 0 Å². The van der Waals surface area contributed by atoms with E-state index in [0.717, 1.165) is 12.3 Å². The van der Waals surface area contributed by atoms with Gasteiger partial charge in [-0.15, -0.1) is 0 Å². The number of hydrogen-bond donors (Lipinski definition) is 1. The first-order chi connectivity index (χ1) is 8.70. The van der Waals surface area contributed by atoms with Gasteiger partial charge in [0.2, 0.25) is 0 Å². The zero-order valence-corrected chi connectivity index (χ0v) is 12.7. The van der Waals surface area contributed by atoms with Gasteiger partial charge in [-0.25, -0.2) is 0 Å². The van der Waals surface area contributed by atoms with Gasteiger partial charge in [-0.2, -0.15) is 0 Å². The van der Waals surface area contributed by atoms with Gasteiger partial charge in [-0.1, -0.05) is 52.4 Å². The van der Waals surface area contributed by atoms with Crippen molar-refractivity contribution in [3.63, 3.8) is 0 Å². The summed E-state index contributed by atoms with van der Waals surface area (Å²) in [4.78, 5) is 2.26. The van der Waals surface area contributed by atoms with Gasteiger partial charge in [-0.3, -0.25) is 4.90 Å². The van der Waals surface area contributed by atoms with Crippen LogP contribution in [0.1, 0.15) is 78.1 Å². The summed E-state index contributed by atoms with van der Waals surface area (Å²) in [5.74, 6) is 0.802. The lowest BCUT2D eigenvalue weighted by molar-refractivity contribution is -0.0320. The fraction of sp³-hybridized carbons (Fsp3) is 1.00. The smallest absolute Gasteiger partial charge is 0.107 e. The second-order valence-corrected chi connectivity index (χ2v) is 6.02. The number of unbranched alkanes of at least 4 members (excludes halogenated alkanes) is 1. The molecule has 0 aromatic carbocycles. The summed E-state index contributed by atoms with van der Waals surface area (Å²) < 4.78 is 0. The average Bonchev–Trinajstić information content (AvgIpc) is 2.36. The van der Waals surface area contributed by atoms with Crippen molar-refractivity contribution in [2.45, 2.75) is 90.3 Å². The summed E-state index contributed by atoms with van der Waals surface area (Å²) in [6, 6.07) is 0.604. The van der Waals surface area contributed by atoms with Gasteiger partial charge >= 0.3 is 0 Å². The molecule has 3 atom stereocenters. The van der Waals surface area contributed by atoms with Crippen LogP contribution < -0.4 is 0 Å². The third-order valence-corrected chi connectivity index (χ3v) is 4.66. The van der Waals surface area contributed by atoms with Crippen molar-refractivity contribution in [2.24, 2.45) is 5.92 Å². The van der Waals surface area contributed by atoms with Gasteiger partial charge in [0.1, 0.15) is 6.23 Å². The van der Waals surface area contributed by atoms with Crippen LogP contribution in [-0.2, 0) is 0 Å². The van der Waals surface area contributed by atoms with Crippen LogP contribution >= 0.6 is 0 Å². The van der Waals surface area contributed by atoms with Crippen LogP contribution in [0.5, 0.6) is 0 Å². The third kappa shape index (κ3) is 4.89. The minimum absolute atomic E-state index is 0.251. The van der Waals surface area contributed by atoms with Crippen LogP contribution in [0.3, 0.4) is 0 Å². The first kappa shape index (κ1) is 16.0. The summed E-state index contributed by atoms with van der Waals surface area (Å²) in [5.41, 5.74) is 0. The quantitative estimate of drug-likeness (QED) is 0.720. The molecule has 1 aliphatic carbocycles. The van der Waals surface area contributed by atoms with Gasteiger partial charge < -0.3 is 5.11 Å². The molecular weight excluding hydrogens is 222 g/mol. The maximum absolute atomic E-state index is 10.1. The maximum atomic E-state index is 10.1. The molecule has 0 amide bonds. The Hall–Kier alpha value is -0.0800. The molecule has 0 bridgehead atoms. The van der Waals surface area contributed by atoms with Crippen LogP contribution in [0.4, 0.5) is 0 Å². The molecule has 0 aromatic rings. The maximum Gasteiger partial charge on any atom is 0.107 e. The highest BCUT2D eigenvalue weighted by molar-refractivity contribution is 4.80. The largest absolute Gasteiger partial charge is 0.378 e.